The number of anilines is 1. The van der Waals surface area contributed by atoms with E-state index in [1.165, 1.54) is 36.8 Å². The van der Waals surface area contributed by atoms with Crippen LogP contribution in [0.25, 0.3) is 0 Å². The summed E-state index contributed by atoms with van der Waals surface area (Å²) in [5.41, 5.74) is 3.93. The number of piperazine rings is 1. The smallest absolute Gasteiger partial charge is 0.261 e. The number of benzene rings is 2. The molecule has 9 rings (SSSR count). The van der Waals surface area contributed by atoms with Gasteiger partial charge in [-0.05, 0) is 129 Å². The number of fused-ring (bicyclic) bond motifs is 5. The predicted octanol–water partition coefficient (Wildman–Crippen LogP) is 8.16. The first kappa shape index (κ1) is 39.2. The van der Waals surface area contributed by atoms with Gasteiger partial charge in [-0.2, -0.15) is 0 Å². The van der Waals surface area contributed by atoms with Gasteiger partial charge < -0.3 is 19.1 Å². The van der Waals surface area contributed by atoms with Gasteiger partial charge in [-0.15, -0.1) is 0 Å². The topological polar surface area (TPSA) is 66.5 Å². The fraction of sp³-hybridized carbons (Fsp3) is 0.674. The van der Waals surface area contributed by atoms with Gasteiger partial charge in [0.05, 0.1) is 25.5 Å². The summed E-state index contributed by atoms with van der Waals surface area (Å²) in [6.07, 6.45) is 16.6. The number of allylic oxidation sites excluding steroid dienone is 1. The molecule has 8 nitrogen and oxygen atoms in total. The molecule has 4 fully saturated rings. The number of amides is 1. The number of morpholine rings is 1. The maximum atomic E-state index is 14.0. The minimum Gasteiger partial charge on any atom is -0.490 e. The van der Waals surface area contributed by atoms with E-state index in [1.54, 1.807) is 11.9 Å². The van der Waals surface area contributed by atoms with E-state index in [1.807, 2.05) is 6.07 Å². The molecule has 5 unspecified atom stereocenters. The van der Waals surface area contributed by atoms with Crippen LogP contribution < -0.4 is 14.4 Å². The van der Waals surface area contributed by atoms with E-state index < -0.39 is 0 Å². The lowest BCUT2D eigenvalue weighted by Gasteiger charge is -2.53. The molecule has 10 heteroatoms. The van der Waals surface area contributed by atoms with Crippen molar-refractivity contribution in [1.82, 2.24) is 14.5 Å². The summed E-state index contributed by atoms with van der Waals surface area (Å²) in [6, 6.07) is 13.1. The van der Waals surface area contributed by atoms with E-state index in [-0.39, 0.29) is 16.9 Å². The summed E-state index contributed by atoms with van der Waals surface area (Å²) in [7, 11) is 0. The molecule has 2 aromatic rings. The molecule has 0 aromatic heterocycles. The molecule has 2 bridgehead atoms. The van der Waals surface area contributed by atoms with Crippen LogP contribution in [0, 0.1) is 23.7 Å². The highest BCUT2D eigenvalue weighted by molar-refractivity contribution is 7.98. The molecular formula is C46H63ClN4O4S. The van der Waals surface area contributed by atoms with Crippen molar-refractivity contribution in [3.63, 3.8) is 0 Å². The van der Waals surface area contributed by atoms with Crippen LogP contribution in [0.2, 0.25) is 5.02 Å². The number of nitrogens with zero attached hydrogens (tertiary/aromatic N) is 3. The number of carbonyl (C=O) groups excluding carboxylic acids is 1. The predicted molar refractivity (Wildman–Crippen MR) is 227 cm³/mol. The van der Waals surface area contributed by atoms with Gasteiger partial charge in [-0.25, -0.2) is 0 Å². The third-order valence-electron chi connectivity index (χ3n) is 14.8. The molecule has 4 heterocycles. The minimum atomic E-state index is -0.379. The molecule has 56 heavy (non-hydrogen) atoms. The number of carbonyl (C=O) groups is 1. The Labute approximate surface area is 344 Å². The second-order valence-electron chi connectivity index (χ2n) is 18.4. The fourth-order valence-corrected chi connectivity index (χ4v) is 12.6. The van der Waals surface area contributed by atoms with Crippen LogP contribution >= 0.6 is 23.5 Å². The molecule has 3 aliphatic carbocycles. The number of nitrogens with one attached hydrogen (secondary N) is 1. The Balaban J connectivity index is 1.09. The summed E-state index contributed by atoms with van der Waals surface area (Å²) >= 11 is 8.23. The Morgan fingerprint density at radius 2 is 1.96 bits per heavy atom. The molecule has 4 aliphatic heterocycles. The summed E-state index contributed by atoms with van der Waals surface area (Å²) in [5.74, 6) is 2.87. The zero-order chi connectivity index (χ0) is 38.3. The molecule has 304 valence electrons. The molecular weight excluding hydrogens is 740 g/mol. The number of hydrogen-bond acceptors (Lipinski definition) is 8. The number of hydrogen-bond donors (Lipinski definition) is 1. The lowest BCUT2D eigenvalue weighted by molar-refractivity contribution is -0.121. The van der Waals surface area contributed by atoms with Gasteiger partial charge in [0.2, 0.25) is 0 Å². The molecule has 2 aromatic carbocycles. The first-order chi connectivity index (χ1) is 27.3. The van der Waals surface area contributed by atoms with Crippen LogP contribution in [0.1, 0.15) is 93.1 Å². The van der Waals surface area contributed by atoms with Crippen molar-refractivity contribution >= 4 is 35.1 Å². The summed E-state index contributed by atoms with van der Waals surface area (Å²) in [6.45, 7) is 14.4. The molecule has 0 radical (unpaired) electrons. The Bertz CT molecular complexity index is 1760. The molecule has 1 spiro atoms. The van der Waals surface area contributed by atoms with Gasteiger partial charge in [-0.1, -0.05) is 56.0 Å². The third-order valence-corrected chi connectivity index (χ3v) is 16.3. The number of halogens is 1. The first-order valence-electron chi connectivity index (χ1n) is 21.9. The second-order valence-corrected chi connectivity index (χ2v) is 19.8. The van der Waals surface area contributed by atoms with Gasteiger partial charge in [-0.3, -0.25) is 19.3 Å². The third kappa shape index (κ3) is 7.91. The molecule has 1 amide bonds. The van der Waals surface area contributed by atoms with Crippen molar-refractivity contribution in [3.05, 3.63) is 70.3 Å². The maximum absolute atomic E-state index is 14.0. The largest absolute Gasteiger partial charge is 0.490 e. The average molecular weight is 804 g/mol. The zero-order valence-corrected chi connectivity index (χ0v) is 35.3. The summed E-state index contributed by atoms with van der Waals surface area (Å²) < 4.78 is 23.3. The van der Waals surface area contributed by atoms with E-state index in [4.69, 9.17) is 25.8 Å². The van der Waals surface area contributed by atoms with Crippen LogP contribution in [-0.4, -0.2) is 105 Å². The van der Waals surface area contributed by atoms with Crippen molar-refractivity contribution < 1.29 is 19.0 Å². The Kier molecular flexibility index (Phi) is 11.7. The molecule has 7 aliphatic rings. The van der Waals surface area contributed by atoms with E-state index in [0.29, 0.717) is 47.8 Å². The highest BCUT2D eigenvalue weighted by atomic mass is 35.5. The van der Waals surface area contributed by atoms with Crippen molar-refractivity contribution in [1.29, 1.82) is 0 Å². The average Bonchev–Trinajstić information content (AvgIpc) is 3.32. The van der Waals surface area contributed by atoms with Gasteiger partial charge in [0.15, 0.2) is 0 Å². The Morgan fingerprint density at radius 3 is 2.79 bits per heavy atom. The standard InChI is InChI=1S/C46H63ClN4O4S/c1-3-55-46(30-49-19-20-50-21-22-53-28-38(50)27-49)18-5-7-32(2)43(23-33-8-4-9-33)56-48-44(52)35-12-16-42-41(25-35)51(26-36-11-14-40(36)46)29-45(31-54-42)17-6-10-34-24-37(47)13-15-39(34)45/h5,12-13,15-16,18,24-25,32-33,36,38,40,43H,3-4,6-11,14,17,19-23,26-31H2,1-2H3,(H,48,52)/b18-5+/t32?,36?,38?,40?,43?,45-,46-/m0/s1. The van der Waals surface area contributed by atoms with Crippen LogP contribution in [0.5, 0.6) is 5.75 Å². The maximum Gasteiger partial charge on any atom is 0.261 e. The molecule has 2 saturated heterocycles. The van der Waals surface area contributed by atoms with Crippen LogP contribution in [-0.2, 0) is 21.3 Å². The highest BCUT2D eigenvalue weighted by Crippen LogP contribution is 2.50. The summed E-state index contributed by atoms with van der Waals surface area (Å²) in [4.78, 5) is 21.9. The van der Waals surface area contributed by atoms with Gasteiger partial charge in [0.25, 0.3) is 5.91 Å². The lowest BCUT2D eigenvalue weighted by Crippen LogP contribution is -2.62. The van der Waals surface area contributed by atoms with E-state index in [2.05, 4.69) is 75.8 Å². The minimum absolute atomic E-state index is 0.0110. The van der Waals surface area contributed by atoms with Crippen molar-refractivity contribution in [2.24, 2.45) is 23.7 Å². The summed E-state index contributed by atoms with van der Waals surface area (Å²) in [5, 5.41) is 1.15. The normalized spacial score (nSPS) is 34.8. The van der Waals surface area contributed by atoms with Crippen molar-refractivity contribution in [2.45, 2.75) is 100 Å². The number of ether oxygens (including phenoxy) is 3. The Hall–Kier alpha value is -2.27. The van der Waals surface area contributed by atoms with E-state index in [9.17, 15) is 4.79 Å². The first-order valence-corrected chi connectivity index (χ1v) is 23.2. The molecule has 2 saturated carbocycles. The number of rotatable bonds is 6. The van der Waals surface area contributed by atoms with Gasteiger partial charge in [0, 0.05) is 79.7 Å². The fourth-order valence-electron chi connectivity index (χ4n) is 11.3. The van der Waals surface area contributed by atoms with E-state index >= 15 is 0 Å². The molecule has 7 atom stereocenters. The lowest BCUT2D eigenvalue weighted by atomic mass is 9.63. The van der Waals surface area contributed by atoms with Gasteiger partial charge in [0.1, 0.15) is 11.4 Å². The van der Waals surface area contributed by atoms with Crippen LogP contribution in [0.3, 0.4) is 0 Å². The van der Waals surface area contributed by atoms with Crippen LogP contribution in [0.15, 0.2) is 48.6 Å². The highest BCUT2D eigenvalue weighted by Gasteiger charge is 2.50. The van der Waals surface area contributed by atoms with E-state index in [0.717, 1.165) is 120 Å². The van der Waals surface area contributed by atoms with Crippen molar-refractivity contribution in [3.8, 4) is 5.75 Å². The quantitative estimate of drug-likeness (QED) is 0.232. The van der Waals surface area contributed by atoms with Crippen molar-refractivity contribution in [2.75, 3.05) is 77.1 Å². The number of aryl methyl sites for hydroxylation is 1. The Morgan fingerprint density at radius 1 is 1.05 bits per heavy atom. The second kappa shape index (κ2) is 16.8. The zero-order valence-electron chi connectivity index (χ0n) is 33.7. The molecule has 1 N–H and O–H groups in total. The monoisotopic (exact) mass is 802 g/mol. The SMILES string of the molecule is CCO[C@]1(CN2CCN3CCOCC3C2)/C=C/CC(C)C(CC2CCC2)SNC(=O)c2ccc3c(c2)N(CC2CCC21)C[C@@]1(CCCc2cc(Cl)ccc21)CO3. The van der Waals surface area contributed by atoms with Gasteiger partial charge >= 0.3 is 0 Å². The van der Waals surface area contributed by atoms with Crippen LogP contribution in [0.4, 0.5) is 5.69 Å².